The monoisotopic (exact) mass is 317 g/mol. The number of rotatable bonds is 2. The van der Waals surface area contributed by atoms with Crippen LogP contribution < -0.4 is 5.73 Å². The van der Waals surface area contributed by atoms with Gasteiger partial charge in [-0.05, 0) is 28.1 Å². The van der Waals surface area contributed by atoms with Crippen molar-refractivity contribution in [3.05, 3.63) is 51.0 Å². The maximum Gasteiger partial charge on any atom is 0.148 e. The lowest BCUT2D eigenvalue weighted by Crippen LogP contribution is -2.15. The molecular formula is C11H10BrClFN3. The van der Waals surface area contributed by atoms with Gasteiger partial charge in [0.2, 0.25) is 0 Å². The highest BCUT2D eigenvalue weighted by molar-refractivity contribution is 9.10. The van der Waals surface area contributed by atoms with Crippen molar-refractivity contribution in [2.75, 3.05) is 0 Å². The van der Waals surface area contributed by atoms with Crippen LogP contribution in [0.4, 0.5) is 4.39 Å². The fourth-order valence-electron chi connectivity index (χ4n) is 1.54. The third-order valence-corrected chi connectivity index (χ3v) is 3.71. The Labute approximate surface area is 112 Å². The molecule has 17 heavy (non-hydrogen) atoms. The Balaban J connectivity index is 2.44. The Bertz CT molecular complexity index is 556. The van der Waals surface area contributed by atoms with Crippen LogP contribution in [-0.2, 0) is 7.05 Å². The molecule has 0 saturated carbocycles. The number of hydrogen-bond donors (Lipinski definition) is 1. The van der Waals surface area contributed by atoms with Gasteiger partial charge in [0.25, 0.3) is 0 Å². The van der Waals surface area contributed by atoms with E-state index in [1.54, 1.807) is 36.1 Å². The van der Waals surface area contributed by atoms with Gasteiger partial charge in [-0.25, -0.2) is 4.39 Å². The molecule has 90 valence electrons. The molecule has 1 unspecified atom stereocenters. The van der Waals surface area contributed by atoms with E-state index in [-0.39, 0.29) is 5.02 Å². The van der Waals surface area contributed by atoms with Crippen molar-refractivity contribution >= 4 is 27.5 Å². The summed E-state index contributed by atoms with van der Waals surface area (Å²) in [5, 5.41) is 4.19. The van der Waals surface area contributed by atoms with E-state index in [4.69, 9.17) is 17.3 Å². The topological polar surface area (TPSA) is 43.8 Å². The second kappa shape index (κ2) is 4.76. The van der Waals surface area contributed by atoms with E-state index in [1.807, 2.05) is 0 Å². The SMILES string of the molecule is Cn1ccc(C(N)c2ccc(Br)c(Cl)c2F)n1. The summed E-state index contributed by atoms with van der Waals surface area (Å²) in [6.45, 7) is 0. The van der Waals surface area contributed by atoms with Crippen molar-refractivity contribution in [3.8, 4) is 0 Å². The molecule has 1 aromatic carbocycles. The Morgan fingerprint density at radius 2 is 2.18 bits per heavy atom. The van der Waals surface area contributed by atoms with Gasteiger partial charge in [0.05, 0.1) is 16.8 Å². The average Bonchev–Trinajstić information content (AvgIpc) is 2.72. The molecule has 0 amide bonds. The van der Waals surface area contributed by atoms with Gasteiger partial charge >= 0.3 is 0 Å². The molecule has 0 radical (unpaired) electrons. The van der Waals surface area contributed by atoms with Gasteiger partial charge < -0.3 is 5.73 Å². The van der Waals surface area contributed by atoms with Gasteiger partial charge in [-0.1, -0.05) is 17.7 Å². The van der Waals surface area contributed by atoms with Crippen LogP contribution in [0.1, 0.15) is 17.3 Å². The van der Waals surface area contributed by atoms with Gasteiger partial charge in [-0.3, -0.25) is 4.68 Å². The average molecular weight is 319 g/mol. The summed E-state index contributed by atoms with van der Waals surface area (Å²) in [5.74, 6) is -0.515. The van der Waals surface area contributed by atoms with Crippen LogP contribution in [0.25, 0.3) is 0 Å². The first-order valence-corrected chi connectivity index (χ1v) is 6.06. The minimum absolute atomic E-state index is 0.0360. The largest absolute Gasteiger partial charge is 0.319 e. The van der Waals surface area contributed by atoms with E-state index in [0.29, 0.717) is 15.7 Å². The normalized spacial score (nSPS) is 12.8. The number of hydrogen-bond acceptors (Lipinski definition) is 2. The zero-order valence-corrected chi connectivity index (χ0v) is 11.3. The maximum absolute atomic E-state index is 13.9. The van der Waals surface area contributed by atoms with Crippen molar-refractivity contribution in [1.29, 1.82) is 0 Å². The lowest BCUT2D eigenvalue weighted by molar-refractivity contribution is 0.594. The summed E-state index contributed by atoms with van der Waals surface area (Å²) in [6.07, 6.45) is 1.76. The van der Waals surface area contributed by atoms with Crippen LogP contribution >= 0.6 is 27.5 Å². The van der Waals surface area contributed by atoms with Crippen molar-refractivity contribution in [3.63, 3.8) is 0 Å². The summed E-state index contributed by atoms with van der Waals surface area (Å²) >= 11 is 8.97. The smallest absolute Gasteiger partial charge is 0.148 e. The van der Waals surface area contributed by atoms with Gasteiger partial charge in [0.15, 0.2) is 0 Å². The van der Waals surface area contributed by atoms with Gasteiger partial charge in [0.1, 0.15) is 5.82 Å². The maximum atomic E-state index is 13.9. The van der Waals surface area contributed by atoms with Gasteiger partial charge in [-0.2, -0.15) is 5.10 Å². The van der Waals surface area contributed by atoms with Crippen LogP contribution in [0, 0.1) is 5.82 Å². The molecule has 0 fully saturated rings. The fourth-order valence-corrected chi connectivity index (χ4v) is 2.02. The Hall–Kier alpha value is -0.910. The molecule has 0 bridgehead atoms. The highest BCUT2D eigenvalue weighted by atomic mass is 79.9. The molecule has 0 saturated heterocycles. The third-order valence-electron chi connectivity index (χ3n) is 2.45. The highest BCUT2D eigenvalue weighted by Crippen LogP contribution is 2.31. The van der Waals surface area contributed by atoms with Crippen molar-refractivity contribution in [2.45, 2.75) is 6.04 Å². The third kappa shape index (κ3) is 2.36. The number of aromatic nitrogens is 2. The molecule has 1 atom stereocenters. The first kappa shape index (κ1) is 12.5. The zero-order valence-electron chi connectivity index (χ0n) is 8.99. The summed E-state index contributed by atoms with van der Waals surface area (Å²) in [5.41, 5.74) is 6.89. The summed E-state index contributed by atoms with van der Waals surface area (Å²) < 4.78 is 16.1. The molecule has 0 aliphatic heterocycles. The Kier molecular flexibility index (Phi) is 3.51. The number of benzene rings is 1. The summed E-state index contributed by atoms with van der Waals surface area (Å²) in [7, 11) is 1.78. The predicted octanol–water partition coefficient (Wildman–Crippen LogP) is 3.02. The standard InChI is InChI=1S/C11H10BrClFN3/c1-17-5-4-8(16-17)11(15)6-2-3-7(12)9(13)10(6)14/h2-5,11H,15H2,1H3. The number of nitrogens with zero attached hydrogens (tertiary/aromatic N) is 2. The molecule has 0 aliphatic carbocycles. The van der Waals surface area contributed by atoms with Crippen LogP contribution in [0.5, 0.6) is 0 Å². The van der Waals surface area contributed by atoms with Crippen molar-refractivity contribution in [1.82, 2.24) is 9.78 Å². The van der Waals surface area contributed by atoms with E-state index in [2.05, 4.69) is 21.0 Å². The lowest BCUT2D eigenvalue weighted by Gasteiger charge is -2.12. The highest BCUT2D eigenvalue weighted by Gasteiger charge is 2.19. The Morgan fingerprint density at radius 3 is 2.76 bits per heavy atom. The van der Waals surface area contributed by atoms with Crippen LogP contribution in [0.3, 0.4) is 0 Å². The predicted molar refractivity (Wildman–Crippen MR) is 68.3 cm³/mol. The van der Waals surface area contributed by atoms with E-state index >= 15 is 0 Å². The van der Waals surface area contributed by atoms with Crippen LogP contribution in [-0.4, -0.2) is 9.78 Å². The minimum Gasteiger partial charge on any atom is -0.319 e. The zero-order chi connectivity index (χ0) is 12.6. The molecule has 2 rings (SSSR count). The number of aryl methyl sites for hydroxylation is 1. The molecule has 1 aromatic heterocycles. The first-order chi connectivity index (χ1) is 8.00. The summed E-state index contributed by atoms with van der Waals surface area (Å²) in [4.78, 5) is 0. The second-order valence-corrected chi connectivity index (χ2v) is 4.89. The van der Waals surface area contributed by atoms with Gasteiger partial charge in [-0.15, -0.1) is 0 Å². The molecule has 2 N–H and O–H groups in total. The molecule has 2 aromatic rings. The van der Waals surface area contributed by atoms with Crippen molar-refractivity contribution < 1.29 is 4.39 Å². The quantitative estimate of drug-likeness (QED) is 0.865. The van der Waals surface area contributed by atoms with E-state index < -0.39 is 11.9 Å². The van der Waals surface area contributed by atoms with Crippen LogP contribution in [0.15, 0.2) is 28.9 Å². The van der Waals surface area contributed by atoms with E-state index in [1.165, 1.54) is 0 Å². The first-order valence-electron chi connectivity index (χ1n) is 4.89. The fraction of sp³-hybridized carbons (Fsp3) is 0.182. The second-order valence-electron chi connectivity index (χ2n) is 3.66. The van der Waals surface area contributed by atoms with E-state index in [9.17, 15) is 4.39 Å². The minimum atomic E-state index is -0.623. The van der Waals surface area contributed by atoms with Crippen molar-refractivity contribution in [2.24, 2.45) is 12.8 Å². The molecule has 1 heterocycles. The molecule has 0 spiro atoms. The van der Waals surface area contributed by atoms with E-state index in [0.717, 1.165) is 0 Å². The lowest BCUT2D eigenvalue weighted by atomic mass is 10.0. The van der Waals surface area contributed by atoms with Gasteiger partial charge in [0, 0.05) is 23.3 Å². The number of nitrogens with two attached hydrogens (primary N) is 1. The summed E-state index contributed by atoms with van der Waals surface area (Å²) in [6, 6.07) is 4.40. The molecular weight excluding hydrogens is 308 g/mol. The van der Waals surface area contributed by atoms with Crippen LogP contribution in [0.2, 0.25) is 5.02 Å². The number of halogens is 3. The Morgan fingerprint density at radius 1 is 1.47 bits per heavy atom. The molecule has 3 nitrogen and oxygen atoms in total. The molecule has 6 heteroatoms. The molecule has 0 aliphatic rings.